The second kappa shape index (κ2) is 7.12. The number of ether oxygens (including phenoxy) is 1. The predicted molar refractivity (Wildman–Crippen MR) is 75.1 cm³/mol. The Balaban J connectivity index is 3.14. The summed E-state index contributed by atoms with van der Waals surface area (Å²) in [7, 11) is 0. The number of nitrogens with one attached hydrogen (secondary N) is 2. The smallest absolute Gasteiger partial charge is 0.422 e. The van der Waals surface area contributed by atoms with Gasteiger partial charge in [0.25, 0.3) is 0 Å². The number of anilines is 1. The number of hydrazone groups is 1. The van der Waals surface area contributed by atoms with Gasteiger partial charge in [-0.2, -0.15) is 23.5 Å². The van der Waals surface area contributed by atoms with Gasteiger partial charge in [0.1, 0.15) is 11.8 Å². The minimum absolute atomic E-state index is 0.0246. The van der Waals surface area contributed by atoms with Crippen molar-refractivity contribution in [1.29, 1.82) is 10.7 Å². The van der Waals surface area contributed by atoms with Gasteiger partial charge in [-0.15, -0.1) is 0 Å². The van der Waals surface area contributed by atoms with Crippen LogP contribution in [0, 0.1) is 16.7 Å². The SMILES string of the molecule is N#C/C(=N\Nc1cc(C(N)=O)ccc1OCC(F)(F)F)C(=N)N. The third-order valence-electron chi connectivity index (χ3n) is 2.30. The van der Waals surface area contributed by atoms with Gasteiger partial charge in [-0.1, -0.05) is 0 Å². The molecule has 0 saturated carbocycles. The first-order chi connectivity index (χ1) is 10.6. The number of hydrogen-bond acceptors (Lipinski definition) is 6. The number of hydrogen-bond donors (Lipinski definition) is 4. The summed E-state index contributed by atoms with van der Waals surface area (Å²) >= 11 is 0. The van der Waals surface area contributed by atoms with E-state index in [4.69, 9.17) is 22.1 Å². The fourth-order valence-corrected chi connectivity index (χ4v) is 1.32. The number of rotatable bonds is 6. The van der Waals surface area contributed by atoms with E-state index in [1.807, 2.05) is 0 Å². The normalized spacial score (nSPS) is 11.5. The molecule has 0 bridgehead atoms. The predicted octanol–water partition coefficient (Wildman–Crippen LogP) is 0.954. The van der Waals surface area contributed by atoms with Crippen LogP contribution < -0.4 is 21.6 Å². The van der Waals surface area contributed by atoms with Crippen molar-refractivity contribution in [2.75, 3.05) is 12.0 Å². The number of nitrogens with two attached hydrogens (primary N) is 2. The van der Waals surface area contributed by atoms with Gasteiger partial charge in [-0.05, 0) is 18.2 Å². The molecular formula is C12H11F3N6O2. The highest BCUT2D eigenvalue weighted by molar-refractivity contribution is 6.45. The first-order valence-corrected chi connectivity index (χ1v) is 5.85. The first kappa shape index (κ1) is 17.8. The minimum atomic E-state index is -4.57. The summed E-state index contributed by atoms with van der Waals surface area (Å²) in [5.41, 5.74) is 11.7. The summed E-state index contributed by atoms with van der Waals surface area (Å²) in [5, 5.41) is 19.2. The lowest BCUT2D eigenvalue weighted by molar-refractivity contribution is -0.153. The van der Waals surface area contributed by atoms with Crippen molar-refractivity contribution in [1.82, 2.24) is 0 Å². The molecule has 0 heterocycles. The van der Waals surface area contributed by atoms with Gasteiger partial charge in [0.15, 0.2) is 12.4 Å². The average Bonchev–Trinajstić information content (AvgIpc) is 2.44. The third-order valence-corrected chi connectivity index (χ3v) is 2.30. The second-order valence-electron chi connectivity index (χ2n) is 4.08. The average molecular weight is 328 g/mol. The molecule has 1 aromatic rings. The van der Waals surface area contributed by atoms with E-state index in [0.29, 0.717) is 0 Å². The Bertz CT molecular complexity index is 693. The van der Waals surface area contributed by atoms with E-state index < -0.39 is 30.2 Å². The molecular weight excluding hydrogens is 317 g/mol. The Labute approximate surface area is 128 Å². The van der Waals surface area contributed by atoms with Gasteiger partial charge in [0, 0.05) is 5.56 Å². The van der Waals surface area contributed by atoms with Gasteiger partial charge >= 0.3 is 6.18 Å². The summed E-state index contributed by atoms with van der Waals surface area (Å²) in [4.78, 5) is 11.1. The van der Waals surface area contributed by atoms with Crippen LogP contribution in [0.5, 0.6) is 5.75 Å². The molecule has 0 aromatic heterocycles. The van der Waals surface area contributed by atoms with Crippen LogP contribution >= 0.6 is 0 Å². The summed E-state index contributed by atoms with van der Waals surface area (Å²) in [5.74, 6) is -1.76. The van der Waals surface area contributed by atoms with E-state index in [-0.39, 0.29) is 17.0 Å². The molecule has 0 saturated heterocycles. The zero-order chi connectivity index (χ0) is 17.6. The standard InChI is InChI=1S/C12H11F3N6O2/c13-12(14,15)5-23-9-2-1-6(11(19)22)3-7(9)20-21-8(4-16)10(17)18/h1-3,20H,5H2,(H3,17,18)(H2,19,22)/b21-8+. The summed E-state index contributed by atoms with van der Waals surface area (Å²) in [6, 6.07) is 4.85. The van der Waals surface area contributed by atoms with Crippen molar-refractivity contribution in [3.63, 3.8) is 0 Å². The lowest BCUT2D eigenvalue weighted by Gasteiger charge is -2.13. The zero-order valence-corrected chi connectivity index (χ0v) is 11.4. The molecule has 8 nitrogen and oxygen atoms in total. The zero-order valence-electron chi connectivity index (χ0n) is 11.4. The minimum Gasteiger partial charge on any atom is -0.482 e. The maximum Gasteiger partial charge on any atom is 0.422 e. The van der Waals surface area contributed by atoms with Crippen LogP contribution in [-0.2, 0) is 0 Å². The van der Waals surface area contributed by atoms with Gasteiger partial charge < -0.3 is 16.2 Å². The fourth-order valence-electron chi connectivity index (χ4n) is 1.32. The number of benzene rings is 1. The number of nitriles is 1. The molecule has 1 rings (SSSR count). The van der Waals surface area contributed by atoms with E-state index in [1.165, 1.54) is 12.1 Å². The van der Waals surface area contributed by atoms with Crippen LogP contribution in [0.4, 0.5) is 18.9 Å². The molecule has 0 radical (unpaired) electrons. The van der Waals surface area contributed by atoms with Crippen molar-refractivity contribution >= 4 is 23.1 Å². The molecule has 23 heavy (non-hydrogen) atoms. The summed E-state index contributed by atoms with van der Waals surface area (Å²) < 4.78 is 41.2. The Morgan fingerprint density at radius 3 is 2.57 bits per heavy atom. The second-order valence-corrected chi connectivity index (χ2v) is 4.08. The fraction of sp³-hybridized carbons (Fsp3) is 0.167. The number of halogens is 3. The largest absolute Gasteiger partial charge is 0.482 e. The molecule has 0 aliphatic rings. The highest BCUT2D eigenvalue weighted by atomic mass is 19.4. The van der Waals surface area contributed by atoms with Crippen molar-refractivity contribution in [3.8, 4) is 11.8 Å². The van der Waals surface area contributed by atoms with E-state index >= 15 is 0 Å². The Morgan fingerprint density at radius 2 is 2.09 bits per heavy atom. The van der Waals surface area contributed by atoms with Crippen molar-refractivity contribution in [2.45, 2.75) is 6.18 Å². The number of amidine groups is 1. The van der Waals surface area contributed by atoms with Crippen LogP contribution in [0.2, 0.25) is 0 Å². The van der Waals surface area contributed by atoms with Gasteiger partial charge in [-0.25, -0.2) is 0 Å². The molecule has 1 amide bonds. The molecule has 1 aromatic carbocycles. The van der Waals surface area contributed by atoms with Crippen LogP contribution in [0.15, 0.2) is 23.3 Å². The number of carbonyl (C=O) groups is 1. The molecule has 0 aliphatic carbocycles. The number of amides is 1. The highest BCUT2D eigenvalue weighted by Gasteiger charge is 2.29. The maximum absolute atomic E-state index is 12.2. The van der Waals surface area contributed by atoms with Crippen molar-refractivity contribution in [2.24, 2.45) is 16.6 Å². The Kier molecular flexibility index (Phi) is 5.50. The first-order valence-electron chi connectivity index (χ1n) is 5.85. The van der Waals surface area contributed by atoms with Crippen molar-refractivity contribution in [3.05, 3.63) is 23.8 Å². The van der Waals surface area contributed by atoms with Gasteiger partial charge in [0.2, 0.25) is 11.6 Å². The van der Waals surface area contributed by atoms with Crippen LogP contribution in [0.3, 0.4) is 0 Å². The van der Waals surface area contributed by atoms with Crippen LogP contribution in [0.25, 0.3) is 0 Å². The Morgan fingerprint density at radius 1 is 1.43 bits per heavy atom. The summed E-state index contributed by atoms with van der Waals surface area (Å²) in [6.45, 7) is -1.57. The van der Waals surface area contributed by atoms with Crippen LogP contribution in [-0.4, -0.2) is 30.2 Å². The number of carbonyl (C=O) groups excluding carboxylic acids is 1. The molecule has 0 aliphatic heterocycles. The molecule has 0 spiro atoms. The quantitative estimate of drug-likeness (QED) is 0.348. The summed E-state index contributed by atoms with van der Waals surface area (Å²) in [6.07, 6.45) is -4.57. The molecule has 0 unspecified atom stereocenters. The van der Waals surface area contributed by atoms with Gasteiger partial charge in [-0.3, -0.25) is 15.6 Å². The van der Waals surface area contributed by atoms with E-state index in [2.05, 4.69) is 15.3 Å². The van der Waals surface area contributed by atoms with E-state index in [0.717, 1.165) is 12.1 Å². The van der Waals surface area contributed by atoms with Gasteiger partial charge in [0.05, 0.1) is 5.69 Å². The Hall–Kier alpha value is -3.29. The number of alkyl halides is 3. The highest BCUT2D eigenvalue weighted by Crippen LogP contribution is 2.28. The molecule has 0 atom stereocenters. The lowest BCUT2D eigenvalue weighted by atomic mass is 10.2. The molecule has 0 fully saturated rings. The number of nitrogens with zero attached hydrogens (tertiary/aromatic N) is 2. The molecule has 122 valence electrons. The number of primary amides is 1. The van der Waals surface area contributed by atoms with Crippen molar-refractivity contribution < 1.29 is 22.7 Å². The third kappa shape index (κ3) is 5.54. The maximum atomic E-state index is 12.2. The van der Waals surface area contributed by atoms with Crippen LogP contribution in [0.1, 0.15) is 10.4 Å². The molecule has 11 heteroatoms. The van der Waals surface area contributed by atoms with E-state index in [9.17, 15) is 18.0 Å². The monoisotopic (exact) mass is 328 g/mol. The lowest BCUT2D eigenvalue weighted by Crippen LogP contribution is -2.22. The molecule has 6 N–H and O–H groups in total. The topological polar surface area (TPSA) is 150 Å². The van der Waals surface area contributed by atoms with E-state index in [1.54, 1.807) is 0 Å².